The van der Waals surface area contributed by atoms with Gasteiger partial charge < -0.3 is 29.3 Å². The highest BCUT2D eigenvalue weighted by Crippen LogP contribution is 2.51. The number of hydrogen-bond donors (Lipinski definition) is 2. The van der Waals surface area contributed by atoms with Gasteiger partial charge in [0.2, 0.25) is 5.95 Å². The Balaban J connectivity index is 1.67. The van der Waals surface area contributed by atoms with Gasteiger partial charge in [0.1, 0.15) is 17.1 Å². The average molecular weight is 664 g/mol. The van der Waals surface area contributed by atoms with Crippen molar-refractivity contribution in [3.8, 4) is 5.75 Å². The summed E-state index contributed by atoms with van der Waals surface area (Å²) >= 11 is 0. The van der Waals surface area contributed by atoms with Crippen LogP contribution in [-0.2, 0) is 26.0 Å². The lowest BCUT2D eigenvalue weighted by molar-refractivity contribution is -0.137. The lowest BCUT2D eigenvalue weighted by Crippen LogP contribution is -2.23. The molecule has 1 aliphatic carbocycles. The van der Waals surface area contributed by atoms with Gasteiger partial charge in [-0.3, -0.25) is 9.36 Å². The number of amides is 1. The summed E-state index contributed by atoms with van der Waals surface area (Å²) in [6, 6.07) is 10.2. The first-order valence-electron chi connectivity index (χ1n) is 15.3. The highest BCUT2D eigenvalue weighted by molar-refractivity contribution is 7.53. The van der Waals surface area contributed by atoms with Gasteiger partial charge in [-0.15, -0.1) is 0 Å². The van der Waals surface area contributed by atoms with E-state index in [4.69, 9.17) is 13.8 Å². The Bertz CT molecular complexity index is 1550. The molecule has 1 fully saturated rings. The zero-order valence-corrected chi connectivity index (χ0v) is 27.6. The van der Waals surface area contributed by atoms with Crippen LogP contribution in [0.25, 0.3) is 0 Å². The molecule has 0 aliphatic heterocycles. The Hall–Kier alpha value is -3.67. The van der Waals surface area contributed by atoms with E-state index >= 15 is 0 Å². The molecule has 0 saturated heterocycles. The third kappa shape index (κ3) is 8.77. The van der Waals surface area contributed by atoms with Crippen molar-refractivity contribution in [2.24, 2.45) is 0 Å². The van der Waals surface area contributed by atoms with E-state index in [-0.39, 0.29) is 42.5 Å². The summed E-state index contributed by atoms with van der Waals surface area (Å²) in [6.07, 6.45) is 1.29. The molecule has 1 aliphatic rings. The van der Waals surface area contributed by atoms with E-state index in [9.17, 15) is 22.5 Å². The molecule has 0 radical (unpaired) electrons. The number of halogens is 3. The van der Waals surface area contributed by atoms with Crippen molar-refractivity contribution in [2.75, 3.05) is 45.1 Å². The number of nitrogens with zero attached hydrogens (tertiary/aromatic N) is 3. The third-order valence-electron chi connectivity index (χ3n) is 7.64. The fourth-order valence-corrected chi connectivity index (χ4v) is 7.14. The largest absolute Gasteiger partial charge is 0.495 e. The Morgan fingerprint density at radius 3 is 2.28 bits per heavy atom. The number of ether oxygens (including phenoxy) is 1. The van der Waals surface area contributed by atoms with Crippen LogP contribution in [0.4, 0.5) is 36.3 Å². The summed E-state index contributed by atoms with van der Waals surface area (Å²) in [6.45, 7) is 3.87. The smallest absolute Gasteiger partial charge is 0.421 e. The van der Waals surface area contributed by atoms with E-state index in [1.165, 1.54) is 18.4 Å². The summed E-state index contributed by atoms with van der Waals surface area (Å²) in [4.78, 5) is 22.7. The summed E-state index contributed by atoms with van der Waals surface area (Å²) in [5.74, 6) is -0.400. The highest BCUT2D eigenvalue weighted by atomic mass is 31.2. The molecular formula is C32H41F3N5O5P. The van der Waals surface area contributed by atoms with Crippen LogP contribution >= 0.6 is 7.60 Å². The van der Waals surface area contributed by atoms with Crippen LogP contribution in [-0.4, -0.2) is 55.2 Å². The lowest BCUT2D eigenvalue weighted by Gasteiger charge is -2.24. The summed E-state index contributed by atoms with van der Waals surface area (Å²) in [5.41, 5.74) is 1.32. The minimum absolute atomic E-state index is 0.00368. The maximum Gasteiger partial charge on any atom is 0.421 e. The Kier molecular flexibility index (Phi) is 11.7. The molecule has 2 N–H and O–H groups in total. The van der Waals surface area contributed by atoms with Crippen LogP contribution in [0.3, 0.4) is 0 Å². The van der Waals surface area contributed by atoms with Crippen LogP contribution in [0.5, 0.6) is 5.75 Å². The van der Waals surface area contributed by atoms with Gasteiger partial charge in [0.25, 0.3) is 5.91 Å². The van der Waals surface area contributed by atoms with Gasteiger partial charge in [-0.2, -0.15) is 18.2 Å². The zero-order valence-electron chi connectivity index (χ0n) is 26.7. The van der Waals surface area contributed by atoms with E-state index in [1.807, 2.05) is 6.07 Å². The Morgan fingerprint density at radius 1 is 1.00 bits per heavy atom. The van der Waals surface area contributed by atoms with Crippen molar-refractivity contribution >= 4 is 36.6 Å². The molecule has 14 heteroatoms. The monoisotopic (exact) mass is 663 g/mol. The van der Waals surface area contributed by atoms with E-state index in [0.29, 0.717) is 29.1 Å². The van der Waals surface area contributed by atoms with Gasteiger partial charge in [0.05, 0.1) is 43.4 Å². The number of aromatic nitrogens is 2. The molecular weight excluding hydrogens is 622 g/mol. The van der Waals surface area contributed by atoms with Gasteiger partial charge in [-0.25, -0.2) is 4.98 Å². The topological polar surface area (TPSA) is 115 Å². The van der Waals surface area contributed by atoms with Gasteiger partial charge in [-0.1, -0.05) is 31.4 Å². The predicted molar refractivity (Wildman–Crippen MR) is 171 cm³/mol. The second kappa shape index (κ2) is 15.3. The fraction of sp³-hybridized carbons (Fsp3) is 0.469. The molecule has 1 amide bonds. The number of methoxy groups -OCH3 is 1. The zero-order chi connectivity index (χ0) is 33.5. The fourth-order valence-electron chi connectivity index (χ4n) is 5.45. The van der Waals surface area contributed by atoms with E-state index in [1.54, 1.807) is 58.3 Å². The van der Waals surface area contributed by atoms with Gasteiger partial charge in [0.15, 0.2) is 0 Å². The Morgan fingerprint density at radius 2 is 1.67 bits per heavy atom. The maximum absolute atomic E-state index is 14.1. The quantitative estimate of drug-likeness (QED) is 0.174. The summed E-state index contributed by atoms with van der Waals surface area (Å²) in [5, 5.41) is 5.69. The van der Waals surface area contributed by atoms with Crippen molar-refractivity contribution in [2.45, 2.75) is 64.2 Å². The molecule has 10 nitrogen and oxygen atoms in total. The molecule has 0 unspecified atom stereocenters. The third-order valence-corrected chi connectivity index (χ3v) is 9.70. The normalized spacial score (nSPS) is 14.2. The second-order valence-corrected chi connectivity index (χ2v) is 13.2. The van der Waals surface area contributed by atoms with Crippen molar-refractivity contribution in [3.63, 3.8) is 0 Å². The number of rotatable bonds is 13. The van der Waals surface area contributed by atoms with E-state index < -0.39 is 25.2 Å². The van der Waals surface area contributed by atoms with Gasteiger partial charge in [-0.05, 0) is 68.0 Å². The van der Waals surface area contributed by atoms with Crippen molar-refractivity contribution in [1.29, 1.82) is 0 Å². The lowest BCUT2D eigenvalue weighted by atomic mass is 9.83. The van der Waals surface area contributed by atoms with Gasteiger partial charge >= 0.3 is 13.8 Å². The number of carbonyl (C=O) groups is 1. The minimum Gasteiger partial charge on any atom is -0.495 e. The van der Waals surface area contributed by atoms with E-state index in [2.05, 4.69) is 20.6 Å². The molecule has 1 saturated carbocycles. The standard InChI is InChI=1S/C32H41F3N5O5P/c1-6-44-46(42,45-7-2)20-21-13-15-27(28(17-21)43-5)38-31-36-19-25(32(33,34)35)29(39-31)37-26-16-14-23(22-11-9-8-10-12-22)18-24(26)30(41)40(3)4/h13-19,22H,6-12,20H2,1-5H3,(H2,36,37,38,39). The second-order valence-electron chi connectivity index (χ2n) is 11.2. The molecule has 46 heavy (non-hydrogen) atoms. The minimum atomic E-state index is -4.77. The molecule has 0 bridgehead atoms. The summed E-state index contributed by atoms with van der Waals surface area (Å²) in [7, 11) is 1.23. The molecule has 0 spiro atoms. The summed E-state index contributed by atoms with van der Waals surface area (Å²) < 4.78 is 71.7. The molecule has 3 aromatic rings. The van der Waals surface area contributed by atoms with Crippen molar-refractivity contribution < 1.29 is 36.3 Å². The number of carbonyl (C=O) groups excluding carboxylic acids is 1. The predicted octanol–water partition coefficient (Wildman–Crippen LogP) is 8.51. The van der Waals surface area contributed by atoms with Crippen molar-refractivity contribution in [1.82, 2.24) is 14.9 Å². The molecule has 2 aromatic carbocycles. The maximum atomic E-state index is 14.1. The number of alkyl halides is 3. The first-order chi connectivity index (χ1) is 21.9. The average Bonchev–Trinajstić information content (AvgIpc) is 3.01. The Labute approximate surface area is 267 Å². The molecule has 4 rings (SSSR count). The number of anilines is 4. The number of hydrogen-bond acceptors (Lipinski definition) is 9. The first-order valence-corrected chi connectivity index (χ1v) is 17.0. The molecule has 1 heterocycles. The van der Waals surface area contributed by atoms with Crippen molar-refractivity contribution in [3.05, 3.63) is 64.8 Å². The molecule has 250 valence electrons. The van der Waals surface area contributed by atoms with Gasteiger partial charge in [0, 0.05) is 20.3 Å². The number of benzene rings is 2. The highest BCUT2D eigenvalue weighted by Gasteiger charge is 2.36. The number of nitrogens with one attached hydrogen (secondary N) is 2. The van der Waals surface area contributed by atoms with Crippen LogP contribution in [0.1, 0.15) is 78.9 Å². The van der Waals surface area contributed by atoms with Crippen LogP contribution < -0.4 is 15.4 Å². The molecule has 0 atom stereocenters. The van der Waals surface area contributed by atoms with Crippen LogP contribution in [0.2, 0.25) is 0 Å². The molecule has 1 aromatic heterocycles. The van der Waals surface area contributed by atoms with Crippen LogP contribution in [0.15, 0.2) is 42.6 Å². The SMILES string of the molecule is CCOP(=O)(Cc1ccc(Nc2ncc(C(F)(F)F)c(Nc3ccc(C4CCCCC4)cc3C(=O)N(C)C)n2)c(OC)c1)OCC. The first kappa shape index (κ1) is 35.2. The van der Waals surface area contributed by atoms with Crippen LogP contribution in [0, 0.1) is 0 Å². The van der Waals surface area contributed by atoms with E-state index in [0.717, 1.165) is 31.2 Å².